The zero-order valence-corrected chi connectivity index (χ0v) is 17.4. The van der Waals surface area contributed by atoms with Crippen molar-refractivity contribution in [3.8, 4) is 0 Å². The Labute approximate surface area is 176 Å². The Morgan fingerprint density at radius 3 is 2.55 bits per heavy atom. The molecule has 1 amide bonds. The van der Waals surface area contributed by atoms with Crippen molar-refractivity contribution in [2.24, 2.45) is 0 Å². The van der Waals surface area contributed by atoms with Crippen LogP contribution in [-0.4, -0.2) is 50.7 Å². The minimum Gasteiger partial charge on any atom is -0.379 e. The Kier molecular flexibility index (Phi) is 7.12. The highest BCUT2D eigenvalue weighted by atomic mass is 35.5. The van der Waals surface area contributed by atoms with Gasteiger partial charge in [0.05, 0.1) is 33.7 Å². The van der Waals surface area contributed by atoms with Gasteiger partial charge in [-0.1, -0.05) is 35.5 Å². The normalized spacial score (nSPS) is 15.4. The summed E-state index contributed by atoms with van der Waals surface area (Å²) in [7, 11) is -3.77. The van der Waals surface area contributed by atoms with Crippen LogP contribution in [0.15, 0.2) is 52.3 Å². The molecule has 0 spiro atoms. The lowest BCUT2D eigenvalue weighted by atomic mass is 10.2. The second-order valence-corrected chi connectivity index (χ2v) is 9.34. The van der Waals surface area contributed by atoms with Crippen LogP contribution >= 0.6 is 23.4 Å². The summed E-state index contributed by atoms with van der Waals surface area (Å²) in [6, 6.07) is 9.96. The van der Waals surface area contributed by atoms with E-state index in [2.05, 4.69) is 5.32 Å². The van der Waals surface area contributed by atoms with Crippen LogP contribution in [0, 0.1) is 0 Å². The second kappa shape index (κ2) is 9.40. The first kappa shape index (κ1) is 22.0. The van der Waals surface area contributed by atoms with Gasteiger partial charge in [-0.25, -0.2) is 8.42 Å². The van der Waals surface area contributed by atoms with E-state index in [0.29, 0.717) is 13.2 Å². The molecule has 156 valence electrons. The summed E-state index contributed by atoms with van der Waals surface area (Å²) < 4.78 is 57.6. The van der Waals surface area contributed by atoms with E-state index in [1.54, 1.807) is 0 Å². The van der Waals surface area contributed by atoms with E-state index >= 15 is 0 Å². The van der Waals surface area contributed by atoms with Gasteiger partial charge >= 0.3 is 0 Å². The number of ether oxygens (including phenoxy) is 1. The van der Waals surface area contributed by atoms with E-state index < -0.39 is 21.7 Å². The number of carbonyl (C=O) groups excluding carboxylic acids is 1. The van der Waals surface area contributed by atoms with E-state index in [-0.39, 0.29) is 50.9 Å². The van der Waals surface area contributed by atoms with Crippen molar-refractivity contribution in [3.63, 3.8) is 0 Å². The third-order valence-electron chi connectivity index (χ3n) is 4.13. The maximum atomic E-state index is 12.8. The summed E-state index contributed by atoms with van der Waals surface area (Å²) in [4.78, 5) is 12.6. The van der Waals surface area contributed by atoms with Gasteiger partial charge in [-0.15, -0.1) is 0 Å². The standard InChI is InChI=1S/C18H17ClF2N2O4S2/c19-14-5-2-6-15(16(14)28-18(20)21)22-17(24)12-3-1-4-13(11-12)29(25,26)23-7-9-27-10-8-23/h1-6,11,18H,7-10H2,(H,22,24). The Balaban J connectivity index is 1.85. The van der Waals surface area contributed by atoms with E-state index in [1.807, 2.05) is 0 Å². The Morgan fingerprint density at radius 1 is 1.17 bits per heavy atom. The highest BCUT2D eigenvalue weighted by molar-refractivity contribution is 7.99. The van der Waals surface area contributed by atoms with Crippen LogP contribution in [0.5, 0.6) is 0 Å². The molecule has 1 saturated heterocycles. The molecule has 11 heteroatoms. The van der Waals surface area contributed by atoms with Crippen LogP contribution in [-0.2, 0) is 14.8 Å². The van der Waals surface area contributed by atoms with Gasteiger partial charge < -0.3 is 10.1 Å². The molecular weight excluding hydrogens is 446 g/mol. The van der Waals surface area contributed by atoms with Crippen LogP contribution in [0.3, 0.4) is 0 Å². The first-order chi connectivity index (χ1) is 13.8. The van der Waals surface area contributed by atoms with Crippen LogP contribution in [0.25, 0.3) is 0 Å². The molecule has 0 saturated carbocycles. The molecule has 3 rings (SSSR count). The van der Waals surface area contributed by atoms with Crippen molar-refractivity contribution in [2.75, 3.05) is 31.6 Å². The Morgan fingerprint density at radius 2 is 1.86 bits per heavy atom. The van der Waals surface area contributed by atoms with Gasteiger partial charge in [-0.05, 0) is 30.3 Å². The fourth-order valence-electron chi connectivity index (χ4n) is 2.74. The van der Waals surface area contributed by atoms with E-state index in [1.165, 1.54) is 46.8 Å². The van der Waals surface area contributed by atoms with Gasteiger partial charge in [0.2, 0.25) is 10.0 Å². The number of hydrogen-bond donors (Lipinski definition) is 1. The number of benzene rings is 2. The van der Waals surface area contributed by atoms with E-state index in [9.17, 15) is 22.0 Å². The molecule has 0 bridgehead atoms. The molecule has 0 radical (unpaired) electrons. The number of rotatable bonds is 6. The van der Waals surface area contributed by atoms with Gasteiger partial charge in [-0.2, -0.15) is 13.1 Å². The molecule has 1 aliphatic heterocycles. The molecule has 1 fully saturated rings. The predicted octanol–water partition coefficient (Wildman–Crippen LogP) is 3.93. The number of amides is 1. The predicted molar refractivity (Wildman–Crippen MR) is 107 cm³/mol. The summed E-state index contributed by atoms with van der Waals surface area (Å²) >= 11 is 6.19. The van der Waals surface area contributed by atoms with Gasteiger partial charge in [0, 0.05) is 18.7 Å². The molecule has 0 aromatic heterocycles. The van der Waals surface area contributed by atoms with Crippen LogP contribution < -0.4 is 5.32 Å². The maximum Gasteiger partial charge on any atom is 0.289 e. The number of carbonyl (C=O) groups is 1. The first-order valence-electron chi connectivity index (χ1n) is 8.51. The van der Waals surface area contributed by atoms with E-state index in [4.69, 9.17) is 16.3 Å². The molecule has 2 aromatic rings. The first-order valence-corrected chi connectivity index (χ1v) is 11.2. The third-order valence-corrected chi connectivity index (χ3v) is 7.30. The number of thioether (sulfide) groups is 1. The maximum absolute atomic E-state index is 12.8. The minimum absolute atomic E-state index is 0.0275. The van der Waals surface area contributed by atoms with Crippen molar-refractivity contribution >= 4 is 45.0 Å². The number of sulfonamides is 1. The zero-order valence-electron chi connectivity index (χ0n) is 15.0. The van der Waals surface area contributed by atoms with Gasteiger partial charge in [0.1, 0.15) is 0 Å². The lowest BCUT2D eigenvalue weighted by Crippen LogP contribution is -2.40. The fourth-order valence-corrected chi connectivity index (χ4v) is 5.11. The van der Waals surface area contributed by atoms with Crippen LogP contribution in [0.4, 0.5) is 14.5 Å². The lowest BCUT2D eigenvalue weighted by Gasteiger charge is -2.26. The Hall–Kier alpha value is -1.72. The van der Waals surface area contributed by atoms with Crippen LogP contribution in [0.1, 0.15) is 10.4 Å². The molecule has 1 N–H and O–H groups in total. The zero-order chi connectivity index (χ0) is 21.0. The minimum atomic E-state index is -3.77. The van der Waals surface area contributed by atoms with Gasteiger partial charge in [-0.3, -0.25) is 4.79 Å². The number of halogens is 3. The van der Waals surface area contributed by atoms with Crippen molar-refractivity contribution in [1.82, 2.24) is 4.31 Å². The van der Waals surface area contributed by atoms with Crippen LogP contribution in [0.2, 0.25) is 5.02 Å². The number of hydrogen-bond acceptors (Lipinski definition) is 5. The van der Waals surface area contributed by atoms with Crippen molar-refractivity contribution in [3.05, 3.63) is 53.1 Å². The SMILES string of the molecule is O=C(Nc1cccc(Cl)c1SC(F)F)c1cccc(S(=O)(=O)N2CCOCC2)c1. The molecular formula is C18H17ClF2N2O4S2. The summed E-state index contributed by atoms with van der Waals surface area (Å²) in [5.41, 5.74) is 0.196. The van der Waals surface area contributed by atoms with E-state index in [0.717, 1.165) is 0 Å². The monoisotopic (exact) mass is 462 g/mol. The topological polar surface area (TPSA) is 75.7 Å². The molecule has 0 aliphatic carbocycles. The molecule has 0 atom stereocenters. The summed E-state index contributed by atoms with van der Waals surface area (Å²) in [6.07, 6.45) is 0. The average Bonchev–Trinajstić information content (AvgIpc) is 2.71. The molecule has 1 heterocycles. The van der Waals surface area contributed by atoms with Crippen molar-refractivity contribution < 1.29 is 26.7 Å². The number of nitrogens with zero attached hydrogens (tertiary/aromatic N) is 1. The number of anilines is 1. The van der Waals surface area contributed by atoms with Crippen molar-refractivity contribution in [1.29, 1.82) is 0 Å². The fraction of sp³-hybridized carbons (Fsp3) is 0.278. The van der Waals surface area contributed by atoms with Gasteiger partial charge in [0.15, 0.2) is 0 Å². The lowest BCUT2D eigenvalue weighted by molar-refractivity contribution is 0.0730. The highest BCUT2D eigenvalue weighted by Gasteiger charge is 2.27. The molecule has 29 heavy (non-hydrogen) atoms. The molecule has 0 unspecified atom stereocenters. The molecule has 1 aliphatic rings. The summed E-state index contributed by atoms with van der Waals surface area (Å²) in [5.74, 6) is -3.35. The second-order valence-electron chi connectivity index (χ2n) is 5.99. The number of morpholine rings is 1. The summed E-state index contributed by atoms with van der Waals surface area (Å²) in [5, 5.41) is 2.61. The smallest absolute Gasteiger partial charge is 0.289 e. The third kappa shape index (κ3) is 5.26. The largest absolute Gasteiger partial charge is 0.379 e. The Bertz CT molecular complexity index is 999. The van der Waals surface area contributed by atoms with Gasteiger partial charge in [0.25, 0.3) is 11.7 Å². The average molecular weight is 463 g/mol. The molecule has 6 nitrogen and oxygen atoms in total. The quantitative estimate of drug-likeness (QED) is 0.658. The number of nitrogens with one attached hydrogen (secondary N) is 1. The van der Waals surface area contributed by atoms with Crippen molar-refractivity contribution in [2.45, 2.75) is 15.5 Å². The number of alkyl halides is 2. The molecule has 2 aromatic carbocycles. The summed E-state index contributed by atoms with van der Waals surface area (Å²) in [6.45, 7) is 1.07. The highest BCUT2D eigenvalue weighted by Crippen LogP contribution is 2.37.